The highest BCUT2D eigenvalue weighted by atomic mass is 19.2. The zero-order valence-corrected chi connectivity index (χ0v) is 16.3. The molecule has 0 saturated heterocycles. The van der Waals surface area contributed by atoms with Crippen molar-refractivity contribution in [3.05, 3.63) is 64.7 Å². The van der Waals surface area contributed by atoms with E-state index in [1.165, 1.54) is 30.4 Å². The average Bonchev–Trinajstić information content (AvgIpc) is 2.71. The number of unbranched alkanes of at least 4 members (excludes halogenated alkanes) is 2. The van der Waals surface area contributed by atoms with Crippen LogP contribution in [0.5, 0.6) is 0 Å². The van der Waals surface area contributed by atoms with Gasteiger partial charge in [0.1, 0.15) is 0 Å². The van der Waals surface area contributed by atoms with Gasteiger partial charge in [-0.1, -0.05) is 55.9 Å². The third-order valence-electron chi connectivity index (χ3n) is 5.54. The maximum absolute atomic E-state index is 13.6. The van der Waals surface area contributed by atoms with E-state index >= 15 is 0 Å². The van der Waals surface area contributed by atoms with E-state index in [1.54, 1.807) is 0 Å². The Morgan fingerprint density at radius 1 is 0.964 bits per heavy atom. The summed E-state index contributed by atoms with van der Waals surface area (Å²) in [5.74, 6) is 2.68. The summed E-state index contributed by atoms with van der Waals surface area (Å²) < 4.78 is 39.7. The largest absolute Gasteiger partial charge is 0.251 e. The maximum atomic E-state index is 13.6. The van der Waals surface area contributed by atoms with Crippen LogP contribution in [0, 0.1) is 35.5 Å². The van der Waals surface area contributed by atoms with Crippen LogP contribution in [0.2, 0.25) is 0 Å². The van der Waals surface area contributed by atoms with E-state index in [-0.39, 0.29) is 11.5 Å². The van der Waals surface area contributed by atoms with E-state index in [9.17, 15) is 13.2 Å². The molecule has 148 valence electrons. The molecular formula is C24H26F3N. The van der Waals surface area contributed by atoms with Gasteiger partial charge in [-0.3, -0.25) is 0 Å². The molecule has 4 heteroatoms. The molecule has 0 radical (unpaired) electrons. The molecule has 28 heavy (non-hydrogen) atoms. The van der Waals surface area contributed by atoms with E-state index in [0.717, 1.165) is 38.2 Å². The summed E-state index contributed by atoms with van der Waals surface area (Å²) in [5, 5.41) is 0. The lowest BCUT2D eigenvalue weighted by molar-refractivity contribution is 0.384. The van der Waals surface area contributed by atoms with Crippen molar-refractivity contribution in [2.45, 2.75) is 64.2 Å². The minimum atomic E-state index is -1.43. The van der Waals surface area contributed by atoms with Gasteiger partial charge in [-0.15, -0.1) is 0 Å². The second-order valence-electron chi connectivity index (χ2n) is 7.62. The minimum Gasteiger partial charge on any atom is -0.202 e. The van der Waals surface area contributed by atoms with Crippen LogP contribution >= 0.6 is 0 Å². The summed E-state index contributed by atoms with van der Waals surface area (Å²) in [6, 6.07) is 9.77. The Morgan fingerprint density at radius 2 is 1.68 bits per heavy atom. The first kappa shape index (κ1) is 20.5. The molecule has 0 atom stereocenters. The topological polar surface area (TPSA) is 12.9 Å². The van der Waals surface area contributed by atoms with Gasteiger partial charge in [0, 0.05) is 5.92 Å². The molecule has 0 aliphatic heterocycles. The number of benzene rings is 1. The van der Waals surface area contributed by atoms with E-state index in [2.05, 4.69) is 48.0 Å². The molecule has 0 unspecified atom stereocenters. The number of hydrogen-bond acceptors (Lipinski definition) is 1. The number of aromatic nitrogens is 1. The molecule has 0 N–H and O–H groups in total. The number of nitrogens with zero attached hydrogens (tertiary/aromatic N) is 1. The predicted octanol–water partition coefficient (Wildman–Crippen LogP) is 6.56. The van der Waals surface area contributed by atoms with Gasteiger partial charge in [-0.05, 0) is 61.6 Å². The van der Waals surface area contributed by atoms with Crippen molar-refractivity contribution in [3.8, 4) is 11.8 Å². The van der Waals surface area contributed by atoms with Crippen molar-refractivity contribution in [3.63, 3.8) is 0 Å². The average molecular weight is 385 g/mol. The highest BCUT2D eigenvalue weighted by Gasteiger charge is 2.21. The second kappa shape index (κ2) is 9.78. The van der Waals surface area contributed by atoms with E-state index < -0.39 is 17.7 Å². The molecule has 1 saturated carbocycles. The van der Waals surface area contributed by atoms with Crippen LogP contribution < -0.4 is 0 Å². The van der Waals surface area contributed by atoms with E-state index in [0.29, 0.717) is 5.92 Å². The van der Waals surface area contributed by atoms with Crippen molar-refractivity contribution >= 4 is 0 Å². The molecule has 1 aliphatic rings. The Hall–Kier alpha value is -2.28. The summed E-state index contributed by atoms with van der Waals surface area (Å²) in [4.78, 5) is 2.91. The molecule has 1 nitrogen and oxygen atoms in total. The first-order valence-electron chi connectivity index (χ1n) is 10.2. The van der Waals surface area contributed by atoms with Crippen molar-refractivity contribution < 1.29 is 13.2 Å². The lowest BCUT2D eigenvalue weighted by Crippen LogP contribution is -2.12. The molecule has 1 heterocycles. The normalized spacial score (nSPS) is 19.1. The Morgan fingerprint density at radius 3 is 2.36 bits per heavy atom. The number of hydrogen-bond donors (Lipinski definition) is 0. The van der Waals surface area contributed by atoms with Crippen LogP contribution in [0.3, 0.4) is 0 Å². The molecule has 1 aliphatic carbocycles. The second-order valence-corrected chi connectivity index (χ2v) is 7.62. The van der Waals surface area contributed by atoms with Gasteiger partial charge in [-0.25, -0.2) is 4.39 Å². The Balaban J connectivity index is 1.54. The molecule has 0 bridgehead atoms. The number of halogens is 3. The van der Waals surface area contributed by atoms with Crippen LogP contribution in [0.25, 0.3) is 0 Å². The van der Waals surface area contributed by atoms with Crippen molar-refractivity contribution in [1.29, 1.82) is 0 Å². The first-order valence-corrected chi connectivity index (χ1v) is 10.2. The fraction of sp³-hybridized carbons (Fsp3) is 0.458. The highest BCUT2D eigenvalue weighted by Crippen LogP contribution is 2.35. The summed E-state index contributed by atoms with van der Waals surface area (Å²) in [6.07, 6.45) is 8.82. The van der Waals surface area contributed by atoms with Crippen molar-refractivity contribution in [2.24, 2.45) is 5.92 Å². The van der Waals surface area contributed by atoms with Crippen LogP contribution in [0.15, 0.2) is 30.3 Å². The van der Waals surface area contributed by atoms with Crippen LogP contribution in [-0.2, 0) is 6.42 Å². The van der Waals surface area contributed by atoms with Crippen molar-refractivity contribution in [1.82, 2.24) is 4.98 Å². The monoisotopic (exact) mass is 385 g/mol. The minimum absolute atomic E-state index is 0.150. The number of aryl methyl sites for hydroxylation is 1. The third-order valence-corrected chi connectivity index (χ3v) is 5.54. The van der Waals surface area contributed by atoms with Crippen LogP contribution in [0.4, 0.5) is 13.2 Å². The van der Waals surface area contributed by atoms with Gasteiger partial charge in [0.05, 0.1) is 5.56 Å². The molecule has 1 aromatic heterocycles. The smallest absolute Gasteiger partial charge is 0.202 e. The Kier molecular flexibility index (Phi) is 7.14. The van der Waals surface area contributed by atoms with Gasteiger partial charge in [0.2, 0.25) is 5.95 Å². The quantitative estimate of drug-likeness (QED) is 0.323. The van der Waals surface area contributed by atoms with Gasteiger partial charge < -0.3 is 0 Å². The van der Waals surface area contributed by atoms with Crippen LogP contribution in [-0.4, -0.2) is 4.98 Å². The maximum Gasteiger partial charge on any atom is 0.251 e. The number of pyridine rings is 1. The molecule has 1 aromatic carbocycles. The molecule has 3 rings (SSSR count). The summed E-state index contributed by atoms with van der Waals surface area (Å²) in [6.45, 7) is 2.22. The van der Waals surface area contributed by atoms with E-state index in [1.807, 2.05) is 0 Å². The van der Waals surface area contributed by atoms with E-state index in [4.69, 9.17) is 0 Å². The van der Waals surface area contributed by atoms with Gasteiger partial charge >= 0.3 is 0 Å². The molecule has 0 amide bonds. The zero-order valence-electron chi connectivity index (χ0n) is 16.3. The number of rotatable bonds is 5. The molecule has 1 fully saturated rings. The van der Waals surface area contributed by atoms with Crippen LogP contribution in [0.1, 0.15) is 74.5 Å². The highest BCUT2D eigenvalue weighted by molar-refractivity contribution is 5.34. The predicted molar refractivity (Wildman–Crippen MR) is 105 cm³/mol. The standard InChI is InChI=1S/C24H26F3N/c1-2-3-4-5-17-6-11-19(12-7-17)20-13-8-18(9-14-20)10-15-21-16-22(25)24(27)28-23(21)26/h6-7,11-12,16,18,20H,2-5,8-9,13-14H2,1H3. The van der Waals surface area contributed by atoms with Gasteiger partial charge in [0.15, 0.2) is 5.82 Å². The Labute approximate surface area is 165 Å². The van der Waals surface area contributed by atoms with Crippen molar-refractivity contribution in [2.75, 3.05) is 0 Å². The summed E-state index contributed by atoms with van der Waals surface area (Å²) in [7, 11) is 0. The Bertz CT molecular complexity index is 841. The SMILES string of the molecule is CCCCCc1ccc(C2CCC(C#Cc3cc(F)c(F)nc3F)CC2)cc1. The lowest BCUT2D eigenvalue weighted by Gasteiger charge is -2.26. The van der Waals surface area contributed by atoms with Gasteiger partial charge in [-0.2, -0.15) is 13.8 Å². The summed E-state index contributed by atoms with van der Waals surface area (Å²) >= 11 is 0. The first-order chi connectivity index (χ1) is 13.6. The zero-order chi connectivity index (χ0) is 19.9. The fourth-order valence-electron chi connectivity index (χ4n) is 3.82. The van der Waals surface area contributed by atoms with Gasteiger partial charge in [0.25, 0.3) is 5.95 Å². The lowest BCUT2D eigenvalue weighted by atomic mass is 9.78. The molecular weight excluding hydrogens is 359 g/mol. The molecule has 0 spiro atoms. The fourth-order valence-corrected chi connectivity index (χ4v) is 3.82. The molecule has 2 aromatic rings. The third kappa shape index (κ3) is 5.38. The summed E-state index contributed by atoms with van der Waals surface area (Å²) in [5.41, 5.74) is 2.60.